The molecule has 1 amide bonds. The summed E-state index contributed by atoms with van der Waals surface area (Å²) in [5, 5.41) is 51.9. The molecule has 23 heteroatoms. The van der Waals surface area contributed by atoms with Crippen LogP contribution >= 0.6 is 25.3 Å². The zero-order valence-corrected chi connectivity index (χ0v) is 30.5. The van der Waals surface area contributed by atoms with Gasteiger partial charge in [0.25, 0.3) is 0 Å². The Bertz CT molecular complexity index is 904. The van der Waals surface area contributed by atoms with E-state index < -0.39 is 71.9 Å². The molecule has 1 heterocycles. The van der Waals surface area contributed by atoms with E-state index in [9.17, 15) is 33.6 Å². The second-order valence-corrected chi connectivity index (χ2v) is 11.1. The average molecular weight is 801 g/mol. The van der Waals surface area contributed by atoms with E-state index in [-0.39, 0.29) is 59.3 Å². The number of primary amides is 1. The van der Waals surface area contributed by atoms with Crippen LogP contribution in [-0.4, -0.2) is 127 Å². The van der Waals surface area contributed by atoms with Gasteiger partial charge in [0.05, 0.1) is 0 Å². The number of rotatable bonds is 13. The Labute approximate surface area is 306 Å². The van der Waals surface area contributed by atoms with Crippen molar-refractivity contribution in [1.82, 2.24) is 5.32 Å². The summed E-state index contributed by atoms with van der Waals surface area (Å²) < 4.78 is 0. The molecular formula is C26H55CuN7O13S2. The number of nitrogens with one attached hydrogen (secondary N) is 1. The molecule has 0 aliphatic carbocycles. The van der Waals surface area contributed by atoms with Crippen LogP contribution in [-0.2, 0) is 50.6 Å². The van der Waals surface area contributed by atoms with Gasteiger partial charge in [-0.15, -0.1) is 0 Å². The van der Waals surface area contributed by atoms with Crippen LogP contribution in [0.2, 0.25) is 0 Å². The molecule has 1 radical (unpaired) electrons. The molecule has 1 aliphatic heterocycles. The van der Waals surface area contributed by atoms with Crippen molar-refractivity contribution in [3.8, 4) is 0 Å². The molecule has 0 bridgehead atoms. The molecular weight excluding hydrogens is 746 g/mol. The summed E-state index contributed by atoms with van der Waals surface area (Å²) in [5.41, 5.74) is 30.0. The van der Waals surface area contributed by atoms with Crippen molar-refractivity contribution in [3.05, 3.63) is 0 Å². The fourth-order valence-electron chi connectivity index (χ4n) is 2.04. The maximum absolute atomic E-state index is 10.1. The van der Waals surface area contributed by atoms with Gasteiger partial charge in [-0.05, 0) is 37.6 Å². The fourth-order valence-corrected chi connectivity index (χ4v) is 2.36. The van der Waals surface area contributed by atoms with Crippen molar-refractivity contribution in [1.29, 1.82) is 0 Å². The number of nitrogens with two attached hydrogens (primary N) is 6. The molecule has 0 aromatic heterocycles. The molecule has 6 atom stereocenters. The van der Waals surface area contributed by atoms with E-state index >= 15 is 0 Å². The van der Waals surface area contributed by atoms with Crippen LogP contribution in [0.15, 0.2) is 0 Å². The Morgan fingerprint density at radius 2 is 0.980 bits per heavy atom. The van der Waals surface area contributed by atoms with E-state index in [0.29, 0.717) is 0 Å². The molecule has 0 aromatic rings. The molecule has 1 fully saturated rings. The van der Waals surface area contributed by atoms with Gasteiger partial charge in [-0.2, -0.15) is 25.3 Å². The predicted molar refractivity (Wildman–Crippen MR) is 183 cm³/mol. The number of aliphatic carboxylic acids is 6. The van der Waals surface area contributed by atoms with Gasteiger partial charge < -0.3 is 70.4 Å². The maximum Gasteiger partial charge on any atom is 0.321 e. The Kier molecular flexibility index (Phi) is 41.9. The number of thiol groups is 2. The molecule has 20 nitrogen and oxygen atoms in total. The molecule has 0 unspecified atom stereocenters. The second-order valence-electron chi connectivity index (χ2n) is 10.4. The van der Waals surface area contributed by atoms with Gasteiger partial charge in [-0.1, -0.05) is 27.7 Å². The largest absolute Gasteiger partial charge is 0.480 e. The zero-order valence-electron chi connectivity index (χ0n) is 27.8. The standard InChI is InChI=1S/C5H10N2O3.C5H9NO2.2C5H11NO2.2C3H7NO2S.Cu/c6-3(5(9)10)1-2-4(7)8;7-5(8)4-2-1-3-6-4;2*1-3(2)4(6)5(7)8;2*4-2(1-7)3(5)6;/h3H,1-2,6H2,(H2,7,8)(H,9,10);4,6H,1-3H2,(H,7,8);2*3-4H,6H2,1-2H3,(H,7,8);2*2,7H,1,4H2,(H,5,6);/t3-;3*4-;2*2-;/m000000./s1. The molecule has 295 valence electrons. The SMILES string of the molecule is CC(C)[C@H](N)C(=O)O.CC(C)[C@H](N)C(=O)O.NC(=O)CC[C@H](N)C(=O)O.N[C@@H](CS)C(=O)O.N[C@@H](CS)C(=O)O.O=C(O)[C@@H]1CCCN1.[Cu]. The third-order valence-electron chi connectivity index (χ3n) is 5.41. The molecule has 0 aromatic carbocycles. The summed E-state index contributed by atoms with van der Waals surface area (Å²) in [7, 11) is 0. The van der Waals surface area contributed by atoms with Crippen LogP contribution in [0.4, 0.5) is 0 Å². The van der Waals surface area contributed by atoms with Gasteiger partial charge in [0.2, 0.25) is 5.91 Å². The summed E-state index contributed by atoms with van der Waals surface area (Å²) in [6, 6.07) is -4.31. The monoisotopic (exact) mass is 800 g/mol. The number of amides is 1. The van der Waals surface area contributed by atoms with Crippen LogP contribution in [0.1, 0.15) is 53.4 Å². The summed E-state index contributed by atoms with van der Waals surface area (Å²) >= 11 is 7.30. The van der Waals surface area contributed by atoms with Gasteiger partial charge >= 0.3 is 35.8 Å². The molecule has 1 aliphatic rings. The van der Waals surface area contributed by atoms with Gasteiger partial charge in [0, 0.05) is 35.0 Å². The first-order valence-electron chi connectivity index (χ1n) is 14.2. The summed E-state index contributed by atoms with van der Waals surface area (Å²) in [6.45, 7) is 7.96. The minimum atomic E-state index is -1.11. The predicted octanol–water partition coefficient (Wildman–Crippen LogP) is -2.75. The third kappa shape index (κ3) is 41.4. The minimum absolute atomic E-state index is 0. The summed E-state index contributed by atoms with van der Waals surface area (Å²) in [6.07, 6.45) is 1.91. The van der Waals surface area contributed by atoms with Crippen LogP contribution in [0.5, 0.6) is 0 Å². The van der Waals surface area contributed by atoms with Crippen molar-refractivity contribution in [2.45, 2.75) is 89.6 Å². The van der Waals surface area contributed by atoms with Gasteiger partial charge in [0.1, 0.15) is 36.3 Å². The van der Waals surface area contributed by atoms with E-state index in [0.717, 1.165) is 19.4 Å². The first-order chi connectivity index (χ1) is 21.8. The normalized spacial score (nSPS) is 15.6. The Balaban J connectivity index is -0.000000113. The van der Waals surface area contributed by atoms with Crippen LogP contribution < -0.4 is 39.7 Å². The van der Waals surface area contributed by atoms with Crippen molar-refractivity contribution < 1.29 is 81.3 Å². The summed E-state index contributed by atoms with van der Waals surface area (Å²) in [5.74, 6) is -5.81. The first-order valence-corrected chi connectivity index (χ1v) is 15.5. The van der Waals surface area contributed by atoms with Crippen molar-refractivity contribution in [2.75, 3.05) is 18.1 Å². The zero-order chi connectivity index (χ0) is 39.3. The van der Waals surface area contributed by atoms with Crippen molar-refractivity contribution in [2.24, 2.45) is 46.2 Å². The molecule has 1 saturated heterocycles. The number of carboxylic acids is 6. The third-order valence-corrected chi connectivity index (χ3v) is 6.20. The summed E-state index contributed by atoms with van der Waals surface area (Å²) in [4.78, 5) is 69.8. The number of hydrogen-bond donors (Lipinski definition) is 15. The van der Waals surface area contributed by atoms with Crippen LogP contribution in [0.25, 0.3) is 0 Å². The minimum Gasteiger partial charge on any atom is -0.480 e. The van der Waals surface area contributed by atoms with Crippen molar-refractivity contribution >= 4 is 67.0 Å². The van der Waals surface area contributed by atoms with Gasteiger partial charge in [-0.25, -0.2) is 0 Å². The van der Waals surface area contributed by atoms with E-state index in [1.165, 1.54) is 0 Å². The molecule has 0 saturated carbocycles. The Hall–Kier alpha value is -2.73. The number of carbonyl (C=O) groups is 7. The van der Waals surface area contributed by atoms with Crippen LogP contribution in [0.3, 0.4) is 0 Å². The Morgan fingerprint density at radius 1 is 0.653 bits per heavy atom. The maximum atomic E-state index is 10.1. The van der Waals surface area contributed by atoms with Gasteiger partial charge in [-0.3, -0.25) is 33.6 Å². The van der Waals surface area contributed by atoms with E-state index in [2.05, 4.69) is 30.6 Å². The quantitative estimate of drug-likeness (QED) is 0.0663. The van der Waals surface area contributed by atoms with Crippen LogP contribution in [0, 0.1) is 11.8 Å². The van der Waals surface area contributed by atoms with E-state index in [1.807, 2.05) is 0 Å². The Morgan fingerprint density at radius 3 is 1.08 bits per heavy atom. The second kappa shape index (κ2) is 35.1. The van der Waals surface area contributed by atoms with Crippen molar-refractivity contribution in [3.63, 3.8) is 0 Å². The number of carboxylic acid groups (broad SMARTS) is 6. The number of carbonyl (C=O) groups excluding carboxylic acids is 1. The topological polar surface area (TPSA) is 409 Å². The molecule has 1 rings (SSSR count). The fraction of sp³-hybridized carbons (Fsp3) is 0.731. The average Bonchev–Trinajstić information content (AvgIpc) is 3.55. The first kappa shape index (κ1) is 58.5. The number of hydrogen-bond acceptors (Lipinski definition) is 15. The molecule has 19 N–H and O–H groups in total. The molecule has 49 heavy (non-hydrogen) atoms. The smallest absolute Gasteiger partial charge is 0.321 e. The molecule has 0 spiro atoms. The van der Waals surface area contributed by atoms with Gasteiger partial charge in [0.15, 0.2) is 0 Å². The van der Waals surface area contributed by atoms with E-state index in [4.69, 9.17) is 65.0 Å². The van der Waals surface area contributed by atoms with E-state index in [1.54, 1.807) is 27.7 Å².